The molecule has 1 aromatic rings. The van der Waals surface area contributed by atoms with Crippen molar-refractivity contribution in [2.24, 2.45) is 17.8 Å². The van der Waals surface area contributed by atoms with Crippen molar-refractivity contribution in [2.45, 2.75) is 39.2 Å². The van der Waals surface area contributed by atoms with E-state index in [0.717, 1.165) is 6.42 Å². The molecule has 1 aromatic carbocycles. The molecule has 2 nitrogen and oxygen atoms in total. The number of carbonyl (C=O) groups excluding carboxylic acids is 1. The van der Waals surface area contributed by atoms with Crippen LogP contribution in [-0.4, -0.2) is 5.91 Å². The fourth-order valence-corrected chi connectivity index (χ4v) is 2.62. The van der Waals surface area contributed by atoms with Crippen molar-refractivity contribution < 1.29 is 4.79 Å². The van der Waals surface area contributed by atoms with Crippen LogP contribution in [0.1, 0.15) is 43.4 Å². The van der Waals surface area contributed by atoms with Crippen LogP contribution in [0.2, 0.25) is 0 Å². The first-order chi connectivity index (χ1) is 8.65. The third-order valence-corrected chi connectivity index (χ3v) is 4.27. The molecule has 0 saturated heterocycles. The molecule has 0 radical (unpaired) electrons. The molecule has 0 aromatic heterocycles. The van der Waals surface area contributed by atoms with Crippen molar-refractivity contribution in [1.29, 1.82) is 0 Å². The summed E-state index contributed by atoms with van der Waals surface area (Å²) in [4.78, 5) is 12.1. The van der Waals surface area contributed by atoms with Gasteiger partial charge in [-0.2, -0.15) is 0 Å². The average Bonchev–Trinajstić information content (AvgIpc) is 3.22. The molecule has 2 fully saturated rings. The molecular weight excluding hydrogens is 222 g/mol. The third-order valence-electron chi connectivity index (χ3n) is 4.27. The normalized spacial score (nSPS) is 27.7. The number of carbonyl (C=O) groups is 1. The highest BCUT2D eigenvalue weighted by molar-refractivity contribution is 5.81. The monoisotopic (exact) mass is 243 g/mol. The summed E-state index contributed by atoms with van der Waals surface area (Å²) in [6.45, 7) is 4.25. The Labute approximate surface area is 109 Å². The van der Waals surface area contributed by atoms with Crippen molar-refractivity contribution in [3.8, 4) is 0 Å². The minimum atomic E-state index is 0.242. The number of amides is 1. The maximum Gasteiger partial charge on any atom is 0.223 e. The van der Waals surface area contributed by atoms with Crippen molar-refractivity contribution in [1.82, 2.24) is 5.32 Å². The van der Waals surface area contributed by atoms with E-state index in [4.69, 9.17) is 0 Å². The van der Waals surface area contributed by atoms with Gasteiger partial charge in [-0.05, 0) is 43.6 Å². The van der Waals surface area contributed by atoms with E-state index < -0.39 is 0 Å². The zero-order valence-corrected chi connectivity index (χ0v) is 11.1. The minimum Gasteiger partial charge on any atom is -0.349 e. The van der Waals surface area contributed by atoms with Gasteiger partial charge in [0, 0.05) is 5.92 Å². The van der Waals surface area contributed by atoms with E-state index in [1.54, 1.807) is 0 Å². The van der Waals surface area contributed by atoms with Crippen LogP contribution in [0.4, 0.5) is 0 Å². The van der Waals surface area contributed by atoms with Gasteiger partial charge in [0.25, 0.3) is 0 Å². The quantitative estimate of drug-likeness (QED) is 0.864. The van der Waals surface area contributed by atoms with E-state index in [9.17, 15) is 4.79 Å². The Kier molecular flexibility index (Phi) is 2.89. The number of nitrogens with one attached hydrogen (secondary N) is 1. The lowest BCUT2D eigenvalue weighted by Gasteiger charge is -2.19. The summed E-state index contributed by atoms with van der Waals surface area (Å²) >= 11 is 0. The lowest BCUT2D eigenvalue weighted by molar-refractivity contribution is -0.123. The fourth-order valence-electron chi connectivity index (χ4n) is 2.62. The Morgan fingerprint density at radius 3 is 2.39 bits per heavy atom. The lowest BCUT2D eigenvalue weighted by Crippen LogP contribution is -2.31. The van der Waals surface area contributed by atoms with E-state index in [2.05, 4.69) is 43.4 Å². The number of benzene rings is 1. The van der Waals surface area contributed by atoms with Gasteiger partial charge in [-0.15, -0.1) is 0 Å². The Morgan fingerprint density at radius 1 is 1.28 bits per heavy atom. The van der Waals surface area contributed by atoms with Gasteiger partial charge in [0.2, 0.25) is 5.91 Å². The van der Waals surface area contributed by atoms with Crippen LogP contribution in [-0.2, 0) is 4.79 Å². The van der Waals surface area contributed by atoms with Crippen LogP contribution in [0.15, 0.2) is 24.3 Å². The van der Waals surface area contributed by atoms with Crippen LogP contribution in [0.25, 0.3) is 0 Å². The highest BCUT2D eigenvalue weighted by Gasteiger charge is 2.42. The van der Waals surface area contributed by atoms with E-state index in [-0.39, 0.29) is 17.9 Å². The molecule has 18 heavy (non-hydrogen) atoms. The summed E-state index contributed by atoms with van der Waals surface area (Å²) in [6.07, 6.45) is 3.56. The van der Waals surface area contributed by atoms with E-state index >= 15 is 0 Å². The van der Waals surface area contributed by atoms with Crippen molar-refractivity contribution in [2.75, 3.05) is 0 Å². The fraction of sp³-hybridized carbons (Fsp3) is 0.562. The number of aryl methyl sites for hydroxylation is 1. The van der Waals surface area contributed by atoms with Gasteiger partial charge in [0.05, 0.1) is 6.04 Å². The number of rotatable bonds is 4. The van der Waals surface area contributed by atoms with Gasteiger partial charge in [0.15, 0.2) is 0 Å². The number of hydrogen-bond donors (Lipinski definition) is 1. The summed E-state index contributed by atoms with van der Waals surface area (Å²) in [7, 11) is 0. The van der Waals surface area contributed by atoms with Gasteiger partial charge in [-0.3, -0.25) is 4.79 Å². The molecule has 2 aliphatic rings. The molecule has 1 N–H and O–H groups in total. The van der Waals surface area contributed by atoms with Gasteiger partial charge in [-0.25, -0.2) is 0 Å². The van der Waals surface area contributed by atoms with Gasteiger partial charge in [-0.1, -0.05) is 36.8 Å². The van der Waals surface area contributed by atoms with Crippen molar-refractivity contribution in [3.05, 3.63) is 35.4 Å². The molecule has 3 atom stereocenters. The summed E-state index contributed by atoms with van der Waals surface area (Å²) in [5, 5.41) is 3.27. The summed E-state index contributed by atoms with van der Waals surface area (Å²) < 4.78 is 0. The van der Waals surface area contributed by atoms with Gasteiger partial charge < -0.3 is 5.32 Å². The Hall–Kier alpha value is -1.31. The second kappa shape index (κ2) is 4.42. The van der Waals surface area contributed by atoms with Crippen LogP contribution >= 0.6 is 0 Å². The zero-order valence-electron chi connectivity index (χ0n) is 11.1. The first-order valence-electron chi connectivity index (χ1n) is 7.02. The molecule has 0 spiro atoms. The van der Waals surface area contributed by atoms with E-state index in [0.29, 0.717) is 11.8 Å². The Bertz CT molecular complexity index is 447. The Morgan fingerprint density at radius 2 is 1.89 bits per heavy atom. The van der Waals surface area contributed by atoms with Gasteiger partial charge in [0.1, 0.15) is 0 Å². The SMILES string of the molecule is Cc1ccc(C(NC(=O)C2CC2C)C2CC2)cc1. The van der Waals surface area contributed by atoms with Crippen molar-refractivity contribution in [3.63, 3.8) is 0 Å². The maximum atomic E-state index is 12.1. The smallest absolute Gasteiger partial charge is 0.223 e. The summed E-state index contributed by atoms with van der Waals surface area (Å²) in [5.41, 5.74) is 2.54. The first kappa shape index (κ1) is 11.8. The molecule has 2 saturated carbocycles. The summed E-state index contributed by atoms with van der Waals surface area (Å²) in [5.74, 6) is 1.78. The highest BCUT2D eigenvalue weighted by Crippen LogP contribution is 2.43. The second-order valence-electron chi connectivity index (χ2n) is 6.05. The predicted molar refractivity (Wildman–Crippen MR) is 72.1 cm³/mol. The second-order valence-corrected chi connectivity index (χ2v) is 6.05. The van der Waals surface area contributed by atoms with Crippen LogP contribution in [0.5, 0.6) is 0 Å². The van der Waals surface area contributed by atoms with E-state index in [1.807, 2.05) is 0 Å². The van der Waals surface area contributed by atoms with Crippen LogP contribution in [0.3, 0.4) is 0 Å². The molecule has 0 heterocycles. The standard InChI is InChI=1S/C16H21NO/c1-10-3-5-12(6-4-10)15(13-7-8-13)17-16(18)14-9-11(14)2/h3-6,11,13-15H,7-9H2,1-2H3,(H,17,18). The molecule has 2 heteroatoms. The molecule has 1 amide bonds. The van der Waals surface area contributed by atoms with Crippen molar-refractivity contribution >= 4 is 5.91 Å². The molecule has 3 rings (SSSR count). The number of hydrogen-bond acceptors (Lipinski definition) is 1. The van der Waals surface area contributed by atoms with Crippen LogP contribution < -0.4 is 5.32 Å². The van der Waals surface area contributed by atoms with E-state index in [1.165, 1.54) is 24.0 Å². The predicted octanol–water partition coefficient (Wildman–Crippen LogP) is 3.22. The first-order valence-corrected chi connectivity index (χ1v) is 7.02. The molecule has 0 bridgehead atoms. The molecular formula is C16H21NO. The average molecular weight is 243 g/mol. The zero-order chi connectivity index (χ0) is 12.7. The lowest BCUT2D eigenvalue weighted by atomic mass is 10.0. The topological polar surface area (TPSA) is 29.1 Å². The molecule has 3 unspecified atom stereocenters. The van der Waals surface area contributed by atoms with Crippen LogP contribution in [0, 0.1) is 24.7 Å². The largest absolute Gasteiger partial charge is 0.349 e. The molecule has 96 valence electrons. The van der Waals surface area contributed by atoms with Gasteiger partial charge >= 0.3 is 0 Å². The summed E-state index contributed by atoms with van der Waals surface area (Å²) in [6, 6.07) is 8.84. The molecule has 0 aliphatic heterocycles. The third kappa shape index (κ3) is 2.43. The minimum absolute atomic E-state index is 0.242. The Balaban J connectivity index is 1.72. The molecule has 2 aliphatic carbocycles. The highest BCUT2D eigenvalue weighted by atomic mass is 16.2. The maximum absolute atomic E-state index is 12.1.